The normalized spacial score (nSPS) is 24.2. The second-order valence-corrected chi connectivity index (χ2v) is 7.35. The van der Waals surface area contributed by atoms with Crippen molar-refractivity contribution >= 4 is 0 Å². The Hall–Kier alpha value is -0.860. The van der Waals surface area contributed by atoms with Gasteiger partial charge in [0.2, 0.25) is 0 Å². The Kier molecular flexibility index (Phi) is 7.58. The topological polar surface area (TPSA) is 35.2 Å². The third-order valence-electron chi connectivity index (χ3n) is 5.74. The summed E-state index contributed by atoms with van der Waals surface area (Å²) in [6, 6.07) is 9.30. The van der Waals surface area contributed by atoms with Crippen LogP contribution in [0.5, 0.6) is 0 Å². The molecule has 0 bridgehead atoms. The van der Waals surface area contributed by atoms with Crippen molar-refractivity contribution in [2.75, 3.05) is 13.7 Å². The summed E-state index contributed by atoms with van der Waals surface area (Å²) in [4.78, 5) is 0. The largest absolute Gasteiger partial charge is 0.385 e. The second kappa shape index (κ2) is 9.44. The molecule has 0 amide bonds. The molecule has 130 valence electrons. The number of methoxy groups -OCH3 is 1. The van der Waals surface area contributed by atoms with E-state index in [-0.39, 0.29) is 5.54 Å². The molecule has 1 aliphatic rings. The molecule has 0 aliphatic heterocycles. The summed E-state index contributed by atoms with van der Waals surface area (Å²) in [5.41, 5.74) is 9.61. The van der Waals surface area contributed by atoms with Crippen molar-refractivity contribution in [2.45, 2.75) is 76.7 Å². The summed E-state index contributed by atoms with van der Waals surface area (Å²) in [6.07, 6.45) is 12.3. The smallest absolute Gasteiger partial charge is 0.0462 e. The molecule has 2 N–H and O–H groups in total. The van der Waals surface area contributed by atoms with Crippen molar-refractivity contribution in [1.29, 1.82) is 0 Å². The monoisotopic (exact) mass is 317 g/mol. The average molecular weight is 318 g/mol. The molecule has 1 fully saturated rings. The van der Waals surface area contributed by atoms with Crippen LogP contribution in [0.25, 0.3) is 0 Å². The Morgan fingerprint density at radius 3 is 2.48 bits per heavy atom. The first-order valence-electron chi connectivity index (χ1n) is 9.53. The van der Waals surface area contributed by atoms with Crippen molar-refractivity contribution in [1.82, 2.24) is 0 Å². The van der Waals surface area contributed by atoms with Gasteiger partial charge in [0.25, 0.3) is 0 Å². The van der Waals surface area contributed by atoms with E-state index < -0.39 is 0 Å². The quantitative estimate of drug-likeness (QED) is 0.624. The van der Waals surface area contributed by atoms with E-state index in [0.29, 0.717) is 5.92 Å². The molecule has 23 heavy (non-hydrogen) atoms. The van der Waals surface area contributed by atoms with Crippen LogP contribution in [-0.2, 0) is 17.6 Å². The molecule has 2 atom stereocenters. The van der Waals surface area contributed by atoms with E-state index >= 15 is 0 Å². The molecule has 1 saturated carbocycles. The van der Waals surface area contributed by atoms with Crippen LogP contribution in [0.4, 0.5) is 0 Å². The minimum absolute atomic E-state index is 0.0842. The zero-order valence-electron chi connectivity index (χ0n) is 15.2. The standard InChI is InChI=1S/C21H35NO/c1-3-21(22)15-8-10-20(21)17-19-13-11-18(12-14-19)9-6-4-5-7-16-23-2/h11-14,20H,3-10,15-17,22H2,1-2H3/t20-,21+/m0/s1. The Bertz CT molecular complexity index is 442. The van der Waals surface area contributed by atoms with Crippen LogP contribution in [0.15, 0.2) is 24.3 Å². The third-order valence-corrected chi connectivity index (χ3v) is 5.74. The van der Waals surface area contributed by atoms with Gasteiger partial charge in [0, 0.05) is 19.3 Å². The SMILES string of the molecule is CC[C@@]1(N)CCC[C@H]1Cc1ccc(CCCCCCOC)cc1. The van der Waals surface area contributed by atoms with Crippen LogP contribution in [0.2, 0.25) is 0 Å². The van der Waals surface area contributed by atoms with Crippen molar-refractivity contribution in [3.05, 3.63) is 35.4 Å². The van der Waals surface area contributed by atoms with Gasteiger partial charge >= 0.3 is 0 Å². The van der Waals surface area contributed by atoms with Gasteiger partial charge in [-0.25, -0.2) is 0 Å². The first-order chi connectivity index (χ1) is 11.2. The molecule has 0 radical (unpaired) electrons. The molecule has 0 saturated heterocycles. The first kappa shape index (κ1) is 18.5. The Labute approximate surface area is 142 Å². The maximum absolute atomic E-state index is 6.59. The number of hydrogen-bond donors (Lipinski definition) is 1. The maximum atomic E-state index is 6.59. The van der Waals surface area contributed by atoms with Gasteiger partial charge in [0.15, 0.2) is 0 Å². The fourth-order valence-corrected chi connectivity index (χ4v) is 4.00. The van der Waals surface area contributed by atoms with E-state index in [1.807, 2.05) is 0 Å². The first-order valence-corrected chi connectivity index (χ1v) is 9.53. The number of aryl methyl sites for hydroxylation is 1. The fraction of sp³-hybridized carbons (Fsp3) is 0.714. The Morgan fingerprint density at radius 1 is 1.09 bits per heavy atom. The van der Waals surface area contributed by atoms with Crippen LogP contribution in [0, 0.1) is 5.92 Å². The summed E-state index contributed by atoms with van der Waals surface area (Å²) in [6.45, 7) is 3.14. The number of unbranched alkanes of at least 4 members (excludes halogenated alkanes) is 3. The highest BCUT2D eigenvalue weighted by Gasteiger charge is 2.37. The van der Waals surface area contributed by atoms with Gasteiger partial charge in [-0.3, -0.25) is 0 Å². The van der Waals surface area contributed by atoms with Gasteiger partial charge in [-0.05, 0) is 62.0 Å². The summed E-state index contributed by atoms with van der Waals surface area (Å²) in [7, 11) is 1.78. The van der Waals surface area contributed by atoms with Gasteiger partial charge in [-0.1, -0.05) is 50.5 Å². The predicted octanol–water partition coefficient (Wildman–Crippen LogP) is 4.89. The van der Waals surface area contributed by atoms with Crippen molar-refractivity contribution in [3.8, 4) is 0 Å². The number of rotatable bonds is 10. The lowest BCUT2D eigenvalue weighted by atomic mass is 9.81. The number of hydrogen-bond acceptors (Lipinski definition) is 2. The van der Waals surface area contributed by atoms with E-state index in [4.69, 9.17) is 10.5 Å². The van der Waals surface area contributed by atoms with Gasteiger partial charge in [0.05, 0.1) is 0 Å². The van der Waals surface area contributed by atoms with Crippen molar-refractivity contribution in [2.24, 2.45) is 11.7 Å². The molecular formula is C21H35NO. The van der Waals surface area contributed by atoms with Gasteiger partial charge in [-0.2, -0.15) is 0 Å². The summed E-state index contributed by atoms with van der Waals surface area (Å²) >= 11 is 0. The lowest BCUT2D eigenvalue weighted by Gasteiger charge is -2.30. The van der Waals surface area contributed by atoms with E-state index in [9.17, 15) is 0 Å². The maximum Gasteiger partial charge on any atom is 0.0462 e. The van der Waals surface area contributed by atoms with Crippen molar-refractivity contribution in [3.63, 3.8) is 0 Å². The van der Waals surface area contributed by atoms with Crippen LogP contribution in [-0.4, -0.2) is 19.3 Å². The van der Waals surface area contributed by atoms with Crippen LogP contribution >= 0.6 is 0 Å². The molecular weight excluding hydrogens is 282 g/mol. The molecule has 2 nitrogen and oxygen atoms in total. The third kappa shape index (κ3) is 5.61. The number of benzene rings is 1. The lowest BCUT2D eigenvalue weighted by Crippen LogP contribution is -2.43. The van der Waals surface area contributed by atoms with Gasteiger partial charge < -0.3 is 10.5 Å². The van der Waals surface area contributed by atoms with Crippen LogP contribution in [0.1, 0.15) is 69.4 Å². The highest BCUT2D eigenvalue weighted by molar-refractivity contribution is 5.24. The molecule has 1 aliphatic carbocycles. The zero-order chi connectivity index (χ0) is 16.5. The minimum Gasteiger partial charge on any atom is -0.385 e. The Balaban J connectivity index is 1.74. The predicted molar refractivity (Wildman–Crippen MR) is 98.7 cm³/mol. The Morgan fingerprint density at radius 2 is 1.78 bits per heavy atom. The fourth-order valence-electron chi connectivity index (χ4n) is 4.00. The number of ether oxygens (including phenoxy) is 1. The molecule has 0 heterocycles. The molecule has 0 aromatic heterocycles. The highest BCUT2D eigenvalue weighted by atomic mass is 16.5. The number of nitrogens with two attached hydrogens (primary N) is 1. The molecule has 0 unspecified atom stereocenters. The van der Waals surface area contributed by atoms with Crippen molar-refractivity contribution < 1.29 is 4.74 Å². The molecule has 2 heteroatoms. The molecule has 0 spiro atoms. The van der Waals surface area contributed by atoms with Crippen LogP contribution < -0.4 is 5.73 Å². The minimum atomic E-state index is 0.0842. The lowest BCUT2D eigenvalue weighted by molar-refractivity contribution is 0.192. The van der Waals surface area contributed by atoms with E-state index in [1.165, 1.54) is 62.5 Å². The highest BCUT2D eigenvalue weighted by Crippen LogP contribution is 2.38. The average Bonchev–Trinajstić information content (AvgIpc) is 2.94. The van der Waals surface area contributed by atoms with Crippen LogP contribution in [0.3, 0.4) is 0 Å². The molecule has 1 aromatic carbocycles. The second-order valence-electron chi connectivity index (χ2n) is 7.35. The summed E-state index contributed by atoms with van der Waals surface area (Å²) < 4.78 is 5.09. The summed E-state index contributed by atoms with van der Waals surface area (Å²) in [5, 5.41) is 0. The van der Waals surface area contributed by atoms with Gasteiger partial charge in [0.1, 0.15) is 0 Å². The zero-order valence-corrected chi connectivity index (χ0v) is 15.2. The molecule has 1 aromatic rings. The molecule has 2 rings (SSSR count). The van der Waals surface area contributed by atoms with E-state index in [0.717, 1.165) is 19.4 Å². The van der Waals surface area contributed by atoms with Gasteiger partial charge in [-0.15, -0.1) is 0 Å². The summed E-state index contributed by atoms with van der Waals surface area (Å²) in [5.74, 6) is 0.666. The van der Waals surface area contributed by atoms with E-state index in [2.05, 4.69) is 31.2 Å². The van der Waals surface area contributed by atoms with E-state index in [1.54, 1.807) is 7.11 Å².